The molecule has 37 heavy (non-hydrogen) atoms. The molecule has 3 N–H and O–H groups in total. The van der Waals surface area contributed by atoms with Gasteiger partial charge in [0.05, 0.1) is 11.7 Å². The van der Waals surface area contributed by atoms with Gasteiger partial charge < -0.3 is 15.4 Å². The number of H-pyrrole nitrogens is 1. The Morgan fingerprint density at radius 1 is 1.05 bits per heavy atom. The first-order chi connectivity index (χ1) is 18.2. The molecule has 0 atom stereocenters. The topological polar surface area (TPSA) is 118 Å². The van der Waals surface area contributed by atoms with Gasteiger partial charge in [-0.25, -0.2) is 15.0 Å². The first kappa shape index (κ1) is 23.1. The Hall–Kier alpha value is -4.31. The van der Waals surface area contributed by atoms with E-state index in [-0.39, 0.29) is 18.6 Å². The molecule has 1 amide bonds. The van der Waals surface area contributed by atoms with E-state index < -0.39 is 0 Å². The van der Waals surface area contributed by atoms with Gasteiger partial charge in [-0.1, -0.05) is 37.1 Å². The Kier molecular flexibility index (Phi) is 6.47. The molecule has 3 aromatic heterocycles. The number of anilines is 2. The number of aromatic nitrogens is 5. The van der Waals surface area contributed by atoms with Gasteiger partial charge in [0.25, 0.3) is 5.91 Å². The molecule has 5 aromatic rings. The molecule has 0 radical (unpaired) electrons. The highest BCUT2D eigenvalue weighted by atomic mass is 32.1. The van der Waals surface area contributed by atoms with Crippen molar-refractivity contribution in [3.05, 3.63) is 66.4 Å². The zero-order valence-corrected chi connectivity index (χ0v) is 20.8. The Morgan fingerprint density at radius 2 is 1.92 bits per heavy atom. The number of carbonyl (C=O) groups excluding carboxylic acids is 1. The number of ether oxygens (including phenoxy) is 1. The largest absolute Gasteiger partial charge is 0.484 e. The molecule has 1 aliphatic carbocycles. The lowest BCUT2D eigenvalue weighted by atomic mass is 10.1. The molecule has 0 unspecified atom stereocenters. The van der Waals surface area contributed by atoms with Crippen LogP contribution in [0.4, 0.5) is 11.5 Å². The minimum atomic E-state index is -0.0927. The molecule has 2 aromatic carbocycles. The second kappa shape index (κ2) is 10.4. The Labute approximate surface area is 217 Å². The maximum absolute atomic E-state index is 12.3. The monoisotopic (exact) mass is 511 g/mol. The van der Waals surface area contributed by atoms with Gasteiger partial charge in [-0.3, -0.25) is 9.89 Å². The summed E-state index contributed by atoms with van der Waals surface area (Å²) in [7, 11) is 0. The molecule has 10 heteroatoms. The average molecular weight is 512 g/mol. The summed E-state index contributed by atoms with van der Waals surface area (Å²) in [5.41, 5.74) is 6.24. The van der Waals surface area contributed by atoms with Crippen molar-refractivity contribution in [2.24, 2.45) is 0 Å². The summed E-state index contributed by atoms with van der Waals surface area (Å²) in [6.07, 6.45) is 8.08. The van der Waals surface area contributed by atoms with Gasteiger partial charge in [0.1, 0.15) is 16.1 Å². The van der Waals surface area contributed by atoms with Gasteiger partial charge in [-0.15, -0.1) is 11.3 Å². The summed E-state index contributed by atoms with van der Waals surface area (Å²) in [5.74, 6) is 1.68. The van der Waals surface area contributed by atoms with E-state index in [0.29, 0.717) is 22.9 Å². The molecule has 1 aliphatic rings. The number of amides is 1. The van der Waals surface area contributed by atoms with E-state index in [4.69, 9.17) is 14.7 Å². The maximum atomic E-state index is 12.3. The van der Waals surface area contributed by atoms with Crippen LogP contribution in [0.2, 0.25) is 0 Å². The van der Waals surface area contributed by atoms with E-state index in [1.54, 1.807) is 11.7 Å². The van der Waals surface area contributed by atoms with Crippen LogP contribution in [-0.2, 0) is 4.79 Å². The van der Waals surface area contributed by atoms with E-state index in [1.165, 1.54) is 24.2 Å². The second-order valence-corrected chi connectivity index (χ2v) is 9.79. The van der Waals surface area contributed by atoms with E-state index in [1.807, 2.05) is 54.7 Å². The predicted octanol–water partition coefficient (Wildman–Crippen LogP) is 5.32. The lowest BCUT2D eigenvalue weighted by Gasteiger charge is -2.13. The smallest absolute Gasteiger partial charge is 0.258 e. The molecule has 1 fully saturated rings. The molecule has 6 rings (SSSR count). The number of fused-ring (bicyclic) bond motifs is 1. The number of aromatic amines is 1. The normalized spacial score (nSPS) is 13.6. The van der Waals surface area contributed by atoms with Crippen LogP contribution in [0.25, 0.3) is 32.9 Å². The molecule has 186 valence electrons. The Morgan fingerprint density at radius 3 is 2.73 bits per heavy atom. The third-order valence-corrected chi connectivity index (χ3v) is 7.08. The number of hydrogen-bond acceptors (Lipinski definition) is 8. The first-order valence-corrected chi connectivity index (χ1v) is 13.1. The molecule has 0 bridgehead atoms. The summed E-state index contributed by atoms with van der Waals surface area (Å²) in [4.78, 5) is 27.0. The van der Waals surface area contributed by atoms with Gasteiger partial charge in [0, 0.05) is 29.1 Å². The summed E-state index contributed by atoms with van der Waals surface area (Å²) < 4.78 is 5.78. The van der Waals surface area contributed by atoms with Crippen LogP contribution in [0.15, 0.2) is 66.4 Å². The zero-order chi connectivity index (χ0) is 25.0. The SMILES string of the molecule is O=C(COc1cccc(-c2nc(Nc3ccc(-c4cn[nH]c4)cc3)c3ncsc3n2)c1)NC1CCCC1. The molecular formula is C27H25N7O2S. The molecule has 1 saturated carbocycles. The van der Waals surface area contributed by atoms with E-state index in [2.05, 4.69) is 25.8 Å². The standard InChI is InChI=1S/C27H25N7O2S/c35-23(31-20-5-1-2-6-20)15-36-22-7-3-4-18(12-22)25-33-26(24-27(34-25)37-16-28-24)32-21-10-8-17(9-11-21)19-13-29-30-14-19/h3-4,7-14,16,20H,1-2,5-6,15H2,(H,29,30)(H,31,35)(H,32,33,34). The van der Waals surface area contributed by atoms with E-state index in [0.717, 1.165) is 40.0 Å². The molecule has 3 heterocycles. The van der Waals surface area contributed by atoms with Crippen LogP contribution in [0.1, 0.15) is 25.7 Å². The number of thiazole rings is 1. The fourth-order valence-corrected chi connectivity index (χ4v) is 5.14. The maximum Gasteiger partial charge on any atom is 0.258 e. The van der Waals surface area contributed by atoms with E-state index in [9.17, 15) is 4.79 Å². The van der Waals surface area contributed by atoms with Crippen LogP contribution >= 0.6 is 11.3 Å². The first-order valence-electron chi connectivity index (χ1n) is 12.2. The summed E-state index contributed by atoms with van der Waals surface area (Å²) >= 11 is 1.46. The number of nitrogens with zero attached hydrogens (tertiary/aromatic N) is 4. The zero-order valence-electron chi connectivity index (χ0n) is 20.0. The van der Waals surface area contributed by atoms with Gasteiger partial charge in [0.2, 0.25) is 0 Å². The van der Waals surface area contributed by atoms with E-state index >= 15 is 0 Å². The van der Waals surface area contributed by atoms with Crippen molar-refractivity contribution in [2.75, 3.05) is 11.9 Å². The number of carbonyl (C=O) groups is 1. The van der Waals surface area contributed by atoms with Crippen molar-refractivity contribution in [3.8, 4) is 28.3 Å². The minimum absolute atomic E-state index is 0.0175. The predicted molar refractivity (Wildman–Crippen MR) is 144 cm³/mol. The quantitative estimate of drug-likeness (QED) is 0.258. The van der Waals surface area contributed by atoms with Crippen LogP contribution in [0, 0.1) is 0 Å². The Bertz CT molecular complexity index is 1510. The average Bonchev–Trinajstić information content (AvgIpc) is 3.71. The van der Waals surface area contributed by atoms with Crippen LogP contribution in [0.5, 0.6) is 5.75 Å². The van der Waals surface area contributed by atoms with Crippen molar-refractivity contribution in [2.45, 2.75) is 31.7 Å². The molecule has 9 nitrogen and oxygen atoms in total. The van der Waals surface area contributed by atoms with Crippen LogP contribution < -0.4 is 15.4 Å². The third-order valence-electron chi connectivity index (χ3n) is 6.36. The summed E-state index contributed by atoms with van der Waals surface area (Å²) in [5, 5.41) is 13.3. The van der Waals surface area contributed by atoms with Gasteiger partial charge in [-0.2, -0.15) is 5.10 Å². The molecular weight excluding hydrogens is 486 g/mol. The van der Waals surface area contributed by atoms with Crippen molar-refractivity contribution < 1.29 is 9.53 Å². The van der Waals surface area contributed by atoms with Gasteiger partial charge in [-0.05, 0) is 42.7 Å². The van der Waals surface area contributed by atoms with Crippen LogP contribution in [0.3, 0.4) is 0 Å². The fourth-order valence-electron chi connectivity index (χ4n) is 4.48. The van der Waals surface area contributed by atoms with Crippen LogP contribution in [-0.4, -0.2) is 43.7 Å². The minimum Gasteiger partial charge on any atom is -0.484 e. The van der Waals surface area contributed by atoms with Gasteiger partial charge >= 0.3 is 0 Å². The second-order valence-electron chi connectivity index (χ2n) is 8.96. The van der Waals surface area contributed by atoms with Crippen molar-refractivity contribution in [1.29, 1.82) is 0 Å². The van der Waals surface area contributed by atoms with Gasteiger partial charge in [0.15, 0.2) is 18.2 Å². The highest BCUT2D eigenvalue weighted by molar-refractivity contribution is 7.16. The third kappa shape index (κ3) is 5.29. The number of rotatable bonds is 8. The van der Waals surface area contributed by atoms with Crippen molar-refractivity contribution in [3.63, 3.8) is 0 Å². The van der Waals surface area contributed by atoms with Crippen molar-refractivity contribution >= 4 is 39.1 Å². The lowest BCUT2D eigenvalue weighted by molar-refractivity contribution is -0.123. The summed E-state index contributed by atoms with van der Waals surface area (Å²) in [6, 6.07) is 15.8. The highest BCUT2D eigenvalue weighted by Crippen LogP contribution is 2.30. The highest BCUT2D eigenvalue weighted by Gasteiger charge is 2.17. The lowest BCUT2D eigenvalue weighted by Crippen LogP contribution is -2.36. The fraction of sp³-hybridized carbons (Fsp3) is 0.222. The van der Waals surface area contributed by atoms with Crippen molar-refractivity contribution in [1.82, 2.24) is 30.5 Å². The number of hydrogen-bond donors (Lipinski definition) is 3. The number of benzene rings is 2. The Balaban J connectivity index is 1.20. The summed E-state index contributed by atoms with van der Waals surface area (Å²) in [6.45, 7) is -0.0175. The number of nitrogens with one attached hydrogen (secondary N) is 3. The molecule has 0 spiro atoms. The molecule has 0 saturated heterocycles. The molecule has 0 aliphatic heterocycles.